The number of rotatable bonds is 18. The number of benzene rings is 4. The van der Waals surface area contributed by atoms with E-state index in [0.29, 0.717) is 15.8 Å². The average molecular weight is 1060 g/mol. The van der Waals surface area contributed by atoms with E-state index in [1.807, 2.05) is 63.7 Å². The van der Waals surface area contributed by atoms with Crippen molar-refractivity contribution in [2.24, 2.45) is 0 Å². The minimum atomic E-state index is -0.114. The molecular weight excluding hydrogens is 982 g/mol. The van der Waals surface area contributed by atoms with Gasteiger partial charge in [-0.05, 0) is 142 Å². The predicted octanol–water partition coefficient (Wildman–Crippen LogP) is 16.2. The number of allylic oxidation sites excluding steroid dienone is 7. The number of pyridine rings is 1. The van der Waals surface area contributed by atoms with Gasteiger partial charge in [-0.2, -0.15) is 4.58 Å². The molecule has 0 saturated heterocycles. The largest absolute Gasteiger partial charge is 0.344 e. The second-order valence-corrected chi connectivity index (χ2v) is 23.0. The van der Waals surface area contributed by atoms with Crippen LogP contribution in [0, 0.1) is 0 Å². The van der Waals surface area contributed by atoms with E-state index < -0.39 is 0 Å². The Kier molecular flexibility index (Phi) is 16.7. The zero-order valence-corrected chi connectivity index (χ0v) is 47.5. The summed E-state index contributed by atoms with van der Waals surface area (Å²) in [5, 5.41) is 7.97. The molecule has 0 fully saturated rings. The number of nitrogens with one attached hydrogen (secondary N) is 2. The normalized spacial score (nSPS) is 16.9. The molecule has 75 heavy (non-hydrogen) atoms. The number of thioether (sulfide) groups is 1. The zero-order valence-electron chi connectivity index (χ0n) is 45.1. The number of halogens is 1. The number of thiocarbonyl (C=S) groups is 1. The maximum absolute atomic E-state index is 13.8. The van der Waals surface area contributed by atoms with Crippen LogP contribution in [0.5, 0.6) is 0 Å². The maximum Gasteiger partial charge on any atom is 0.228 e. The van der Waals surface area contributed by atoms with Gasteiger partial charge in [0, 0.05) is 92.8 Å². The van der Waals surface area contributed by atoms with Crippen molar-refractivity contribution in [3.05, 3.63) is 183 Å². The van der Waals surface area contributed by atoms with Crippen LogP contribution in [0.3, 0.4) is 0 Å². The molecular formula is C64H73ClN7OS2+. The lowest BCUT2D eigenvalue weighted by atomic mass is 9.81. The highest BCUT2D eigenvalue weighted by atomic mass is 35.5. The minimum Gasteiger partial charge on any atom is -0.344 e. The van der Waals surface area contributed by atoms with Gasteiger partial charge in [-0.1, -0.05) is 126 Å². The standard InChI is InChI=1S/C64H72ClN7OS2/c1-9-38-69(39-10-2)58(73)43-55-59(44-26-30-47(65)31-27-44)68-61-52(23-18-42-72(55)61)67-62(74)66-48-32-34-49(35-33-48)75-60-45(28-36-56-63(5,6)50-21-13-15-24-53(50)70(56)40-11-3)19-17-20-46(60)29-37-57-64(7,8)51-22-14-16-25-54(51)71(57)41-12-4/h13-16,18,21-37,42H,9-12,17,19-20,38-41,43H2,1-8H3,(H-,66,67,74)/p+1. The van der Waals surface area contributed by atoms with E-state index in [0.717, 1.165) is 104 Å². The molecule has 3 aliphatic rings. The minimum absolute atomic E-state index is 0.0836. The van der Waals surface area contributed by atoms with E-state index in [4.69, 9.17) is 28.8 Å². The van der Waals surface area contributed by atoms with Crippen molar-refractivity contribution in [1.29, 1.82) is 0 Å². The lowest BCUT2D eigenvalue weighted by Gasteiger charge is -2.27. The molecule has 2 aliphatic heterocycles. The molecule has 9 rings (SSSR count). The molecule has 8 nitrogen and oxygen atoms in total. The first-order valence-electron chi connectivity index (χ1n) is 27.1. The summed E-state index contributed by atoms with van der Waals surface area (Å²) in [4.78, 5) is 26.0. The summed E-state index contributed by atoms with van der Waals surface area (Å²) < 4.78 is 4.56. The van der Waals surface area contributed by atoms with Crippen molar-refractivity contribution in [1.82, 2.24) is 14.3 Å². The van der Waals surface area contributed by atoms with Crippen molar-refractivity contribution in [3.63, 3.8) is 0 Å². The fraction of sp³-hybridized carbons (Fsp3) is 0.344. The predicted molar refractivity (Wildman–Crippen MR) is 321 cm³/mol. The second-order valence-electron chi connectivity index (χ2n) is 21.1. The van der Waals surface area contributed by atoms with E-state index in [2.05, 4.69) is 173 Å². The van der Waals surface area contributed by atoms with Gasteiger partial charge in [0.2, 0.25) is 11.6 Å². The molecule has 0 spiro atoms. The molecule has 1 amide bonds. The Hall–Kier alpha value is -6.20. The van der Waals surface area contributed by atoms with Crippen molar-refractivity contribution < 1.29 is 9.37 Å². The summed E-state index contributed by atoms with van der Waals surface area (Å²) in [6.45, 7) is 21.6. The maximum atomic E-state index is 13.8. The van der Waals surface area contributed by atoms with Crippen LogP contribution in [0.25, 0.3) is 16.9 Å². The van der Waals surface area contributed by atoms with Crippen LogP contribution in [0.4, 0.5) is 22.7 Å². The summed E-state index contributed by atoms with van der Waals surface area (Å²) in [5.74, 6) is 0.0836. The Morgan fingerprint density at radius 2 is 1.52 bits per heavy atom. The highest BCUT2D eigenvalue weighted by Crippen LogP contribution is 2.49. The smallest absolute Gasteiger partial charge is 0.228 e. The monoisotopic (exact) mass is 1050 g/mol. The number of hydrogen-bond acceptors (Lipinski definition) is 5. The van der Waals surface area contributed by atoms with Crippen LogP contribution in [0.1, 0.15) is 117 Å². The van der Waals surface area contributed by atoms with Crippen LogP contribution in [0.2, 0.25) is 5.02 Å². The number of imidazole rings is 1. The Bertz CT molecular complexity index is 3240. The quantitative estimate of drug-likeness (QED) is 0.0657. The SMILES string of the molecule is CCCN(CCC)C(=O)Cc1c(-c2ccc(Cl)cc2)nc2c(NC(=S)Nc3ccc(SC4=C(/C=C/C5=[N+](CCC)c6ccccc6C5(C)C)CCC/C4=C\C=C4\N(CCC)c5ccccc5C4(C)C)cc3)cccn12. The van der Waals surface area contributed by atoms with Gasteiger partial charge in [-0.15, -0.1) is 0 Å². The number of aromatic nitrogens is 2. The summed E-state index contributed by atoms with van der Waals surface area (Å²) >= 11 is 14.2. The van der Waals surface area contributed by atoms with E-state index >= 15 is 0 Å². The van der Waals surface area contributed by atoms with Crippen molar-refractivity contribution in [2.45, 2.75) is 122 Å². The van der Waals surface area contributed by atoms with Gasteiger partial charge in [-0.3, -0.25) is 4.79 Å². The summed E-state index contributed by atoms with van der Waals surface area (Å²) in [6.07, 6.45) is 19.0. The number of anilines is 3. The molecule has 4 aromatic carbocycles. The van der Waals surface area contributed by atoms with Crippen molar-refractivity contribution >= 4 is 80.7 Å². The van der Waals surface area contributed by atoms with Gasteiger partial charge in [0.05, 0.1) is 28.9 Å². The fourth-order valence-electron chi connectivity index (χ4n) is 11.3. The number of para-hydroxylation sites is 2. The third kappa shape index (κ3) is 11.2. The van der Waals surface area contributed by atoms with E-state index in [1.165, 1.54) is 50.0 Å². The fourth-order valence-corrected chi connectivity index (χ4v) is 12.8. The highest BCUT2D eigenvalue weighted by molar-refractivity contribution is 8.03. The molecule has 11 heteroatoms. The number of fused-ring (bicyclic) bond motifs is 3. The number of hydrogen-bond donors (Lipinski definition) is 2. The van der Waals surface area contributed by atoms with Gasteiger partial charge in [0.15, 0.2) is 16.5 Å². The highest BCUT2D eigenvalue weighted by Gasteiger charge is 2.44. The van der Waals surface area contributed by atoms with Crippen LogP contribution in [-0.2, 0) is 22.0 Å². The van der Waals surface area contributed by atoms with Gasteiger partial charge in [0.25, 0.3) is 0 Å². The average Bonchev–Trinajstić information content (AvgIpc) is 3.96. The van der Waals surface area contributed by atoms with E-state index in [-0.39, 0.29) is 23.2 Å². The zero-order chi connectivity index (χ0) is 52.9. The van der Waals surface area contributed by atoms with Gasteiger partial charge in [0.1, 0.15) is 6.54 Å². The Balaban J connectivity index is 1.01. The number of carbonyl (C=O) groups excluding carboxylic acids is 1. The van der Waals surface area contributed by atoms with Gasteiger partial charge in [-0.25, -0.2) is 4.98 Å². The molecule has 0 bridgehead atoms. The topological polar surface area (TPSA) is 67.9 Å². The molecule has 0 saturated carbocycles. The molecule has 0 atom stereocenters. The summed E-state index contributed by atoms with van der Waals surface area (Å²) in [5.41, 5.74) is 15.4. The molecule has 0 unspecified atom stereocenters. The third-order valence-corrected chi connectivity index (χ3v) is 16.7. The first-order valence-corrected chi connectivity index (χ1v) is 28.7. The van der Waals surface area contributed by atoms with Crippen molar-refractivity contribution in [2.75, 3.05) is 41.7 Å². The van der Waals surface area contributed by atoms with E-state index in [9.17, 15) is 4.79 Å². The third-order valence-electron chi connectivity index (χ3n) is 15.0. The molecule has 0 radical (unpaired) electrons. The lowest BCUT2D eigenvalue weighted by Crippen LogP contribution is -2.34. The number of amides is 1. The molecule has 1 aliphatic carbocycles. The Morgan fingerprint density at radius 1 is 0.800 bits per heavy atom. The van der Waals surface area contributed by atoms with Crippen LogP contribution in [-0.4, -0.2) is 61.8 Å². The second kappa shape index (κ2) is 23.4. The van der Waals surface area contributed by atoms with Crippen molar-refractivity contribution in [3.8, 4) is 11.3 Å². The van der Waals surface area contributed by atoms with Gasteiger partial charge < -0.3 is 24.8 Å². The molecule has 2 aromatic heterocycles. The summed E-state index contributed by atoms with van der Waals surface area (Å²) in [6, 6.07) is 38.0. The lowest BCUT2D eigenvalue weighted by molar-refractivity contribution is -0.437. The Labute approximate surface area is 460 Å². The molecule has 4 heterocycles. The van der Waals surface area contributed by atoms with E-state index in [1.54, 1.807) is 0 Å². The molecule has 6 aromatic rings. The first kappa shape index (κ1) is 53.6. The Morgan fingerprint density at radius 3 is 2.24 bits per heavy atom. The van der Waals surface area contributed by atoms with Crippen LogP contribution < -0.4 is 15.5 Å². The van der Waals surface area contributed by atoms with Crippen LogP contribution >= 0.6 is 35.6 Å². The van der Waals surface area contributed by atoms with Crippen LogP contribution in [0.15, 0.2) is 166 Å². The number of carbonyl (C=O) groups is 1. The first-order chi connectivity index (χ1) is 36.3. The number of nitrogens with zero attached hydrogens (tertiary/aromatic N) is 5. The molecule has 2 N–H and O–H groups in total. The van der Waals surface area contributed by atoms with Gasteiger partial charge >= 0.3 is 0 Å². The summed E-state index contributed by atoms with van der Waals surface area (Å²) in [7, 11) is 0. The molecule has 388 valence electrons.